The monoisotopic (exact) mass is 330 g/mol. The maximum atomic E-state index is 12.1. The van der Waals surface area contributed by atoms with Crippen molar-refractivity contribution in [2.75, 3.05) is 7.11 Å². The second kappa shape index (κ2) is 10.4. The molecule has 0 unspecified atom stereocenters. The number of aliphatic hydroxyl groups excluding tert-OH is 1. The molecule has 0 aromatic carbocycles. The number of unbranched alkanes of at least 4 members (excludes halogenated alkanes) is 2. The molecule has 0 aromatic heterocycles. The van der Waals surface area contributed by atoms with E-state index in [1.54, 1.807) is 0 Å². The smallest absolute Gasteiger partial charge is 0.345 e. The summed E-state index contributed by atoms with van der Waals surface area (Å²) in [6, 6.07) is 0. The lowest BCUT2D eigenvalue weighted by atomic mass is 10.0. The second-order valence-electron chi connectivity index (χ2n) is 4.83. The van der Waals surface area contributed by atoms with Gasteiger partial charge in [0.15, 0.2) is 17.6 Å². The first-order chi connectivity index (χ1) is 10.7. The van der Waals surface area contributed by atoms with Crippen molar-refractivity contribution in [3.8, 4) is 0 Å². The number of carboxylic acid groups (broad SMARTS) is 1. The molecular weight excluding hydrogens is 308 g/mol. The van der Waals surface area contributed by atoms with E-state index in [1.807, 2.05) is 6.92 Å². The third-order valence-electron chi connectivity index (χ3n) is 2.91. The Hall–Kier alpha value is -2.38. The number of hydrogen-bond donors (Lipinski definition) is 2. The maximum absolute atomic E-state index is 12.1. The van der Waals surface area contributed by atoms with Crippen LogP contribution in [0.5, 0.6) is 0 Å². The topological polar surface area (TPSA) is 127 Å². The van der Waals surface area contributed by atoms with Crippen molar-refractivity contribution in [3.63, 3.8) is 0 Å². The summed E-state index contributed by atoms with van der Waals surface area (Å²) in [5.74, 6) is -4.93. The van der Waals surface area contributed by atoms with Crippen molar-refractivity contribution in [2.45, 2.75) is 52.1 Å². The van der Waals surface area contributed by atoms with Gasteiger partial charge < -0.3 is 19.7 Å². The van der Waals surface area contributed by atoms with E-state index in [-0.39, 0.29) is 6.42 Å². The van der Waals surface area contributed by atoms with Gasteiger partial charge in [0.2, 0.25) is 0 Å². The standard InChI is InChI=1S/C15H22O8/c1-4-5-6-7-10(17)13(15(21)22-3)14(20)11(8-12(18)19)23-9(2)16/h11,20H,4-8H2,1-3H3,(H,18,19)/b14-13-/t11-/m0/s1. The van der Waals surface area contributed by atoms with Crippen LogP contribution < -0.4 is 0 Å². The number of carbonyl (C=O) groups is 4. The summed E-state index contributed by atoms with van der Waals surface area (Å²) in [7, 11) is 1.02. The van der Waals surface area contributed by atoms with Gasteiger partial charge in [-0.25, -0.2) is 4.79 Å². The summed E-state index contributed by atoms with van der Waals surface area (Å²) in [5.41, 5.74) is -0.684. The van der Waals surface area contributed by atoms with Crippen LogP contribution in [0.1, 0.15) is 46.0 Å². The number of methoxy groups -OCH3 is 1. The average Bonchev–Trinajstić information content (AvgIpc) is 2.45. The number of aliphatic hydroxyl groups is 1. The minimum absolute atomic E-state index is 0.0117. The van der Waals surface area contributed by atoms with Crippen LogP contribution in [-0.4, -0.2) is 47.1 Å². The molecule has 0 spiro atoms. The number of carboxylic acids is 1. The molecule has 0 radical (unpaired) electrons. The number of hydrogen-bond acceptors (Lipinski definition) is 7. The lowest BCUT2D eigenvalue weighted by Gasteiger charge is -2.17. The van der Waals surface area contributed by atoms with Gasteiger partial charge >= 0.3 is 17.9 Å². The summed E-state index contributed by atoms with van der Waals surface area (Å²) >= 11 is 0. The fourth-order valence-electron chi connectivity index (χ4n) is 1.84. The van der Waals surface area contributed by atoms with Crippen LogP contribution in [0.3, 0.4) is 0 Å². The minimum atomic E-state index is -1.63. The first-order valence-electron chi connectivity index (χ1n) is 7.18. The predicted octanol–water partition coefficient (Wildman–Crippen LogP) is 1.53. The van der Waals surface area contributed by atoms with Crippen LogP contribution in [-0.2, 0) is 28.7 Å². The van der Waals surface area contributed by atoms with Gasteiger partial charge in [-0.1, -0.05) is 19.8 Å². The molecule has 1 atom stereocenters. The van der Waals surface area contributed by atoms with Gasteiger partial charge in [0, 0.05) is 13.3 Å². The molecule has 0 amide bonds. The molecule has 0 saturated heterocycles. The van der Waals surface area contributed by atoms with Crippen molar-refractivity contribution in [2.24, 2.45) is 0 Å². The number of rotatable bonds is 10. The highest BCUT2D eigenvalue weighted by atomic mass is 16.6. The van der Waals surface area contributed by atoms with Crippen molar-refractivity contribution < 1.29 is 38.9 Å². The lowest BCUT2D eigenvalue weighted by molar-refractivity contribution is -0.151. The summed E-state index contributed by atoms with van der Waals surface area (Å²) < 4.78 is 9.14. The van der Waals surface area contributed by atoms with Crippen LogP contribution in [0, 0.1) is 0 Å². The molecule has 130 valence electrons. The molecule has 0 aromatic rings. The number of Topliss-reactive ketones (excluding diaryl/α,β-unsaturated/α-hetero) is 1. The fraction of sp³-hybridized carbons (Fsp3) is 0.600. The van der Waals surface area contributed by atoms with E-state index < -0.39 is 47.5 Å². The van der Waals surface area contributed by atoms with Crippen molar-refractivity contribution >= 4 is 23.7 Å². The molecule has 0 rings (SSSR count). The molecule has 0 heterocycles. The van der Waals surface area contributed by atoms with Crippen LogP contribution in [0.4, 0.5) is 0 Å². The highest BCUT2D eigenvalue weighted by Gasteiger charge is 2.31. The number of aliphatic carboxylic acids is 1. The molecule has 0 aliphatic rings. The zero-order valence-corrected chi connectivity index (χ0v) is 13.5. The molecule has 0 fully saturated rings. The largest absolute Gasteiger partial charge is 0.507 e. The van der Waals surface area contributed by atoms with E-state index in [1.165, 1.54) is 0 Å². The van der Waals surface area contributed by atoms with E-state index in [0.717, 1.165) is 26.9 Å². The van der Waals surface area contributed by atoms with Crippen LogP contribution in [0.2, 0.25) is 0 Å². The summed E-state index contributed by atoms with van der Waals surface area (Å²) in [4.78, 5) is 45.7. The Kier molecular flexibility index (Phi) is 9.29. The van der Waals surface area contributed by atoms with Crippen LogP contribution in [0.25, 0.3) is 0 Å². The van der Waals surface area contributed by atoms with Gasteiger partial charge in [0.1, 0.15) is 5.57 Å². The first kappa shape index (κ1) is 20.6. The van der Waals surface area contributed by atoms with Crippen molar-refractivity contribution in [1.82, 2.24) is 0 Å². The van der Waals surface area contributed by atoms with Gasteiger partial charge in [-0.2, -0.15) is 0 Å². The molecule has 23 heavy (non-hydrogen) atoms. The third-order valence-corrected chi connectivity index (χ3v) is 2.91. The highest BCUT2D eigenvalue weighted by Crippen LogP contribution is 2.18. The summed E-state index contributed by atoms with van der Waals surface area (Å²) in [6.45, 7) is 2.95. The van der Waals surface area contributed by atoms with E-state index >= 15 is 0 Å². The Morgan fingerprint density at radius 3 is 2.13 bits per heavy atom. The number of carbonyl (C=O) groups excluding carboxylic acids is 3. The molecule has 0 aliphatic heterocycles. The summed E-state index contributed by atoms with van der Waals surface area (Å²) in [5, 5.41) is 18.9. The van der Waals surface area contributed by atoms with Gasteiger partial charge in [0.05, 0.1) is 13.5 Å². The van der Waals surface area contributed by atoms with E-state index in [2.05, 4.69) is 9.47 Å². The SMILES string of the molecule is CCCCCC(=O)/C(C(=O)OC)=C(/O)[C@H](CC(=O)O)OC(C)=O. The lowest BCUT2D eigenvalue weighted by Crippen LogP contribution is -2.28. The van der Waals surface area contributed by atoms with Gasteiger partial charge in [0.25, 0.3) is 0 Å². The number of esters is 2. The molecular formula is C15H22O8. The maximum Gasteiger partial charge on any atom is 0.345 e. The van der Waals surface area contributed by atoms with Gasteiger partial charge in [-0.3, -0.25) is 14.4 Å². The van der Waals surface area contributed by atoms with E-state index in [4.69, 9.17) is 5.11 Å². The highest BCUT2D eigenvalue weighted by molar-refractivity contribution is 6.17. The number of ether oxygens (including phenoxy) is 2. The zero-order valence-electron chi connectivity index (χ0n) is 13.5. The second-order valence-corrected chi connectivity index (χ2v) is 4.83. The van der Waals surface area contributed by atoms with E-state index in [0.29, 0.717) is 6.42 Å². The first-order valence-corrected chi connectivity index (χ1v) is 7.18. The molecule has 0 bridgehead atoms. The molecule has 8 heteroatoms. The average molecular weight is 330 g/mol. The Bertz CT molecular complexity index is 476. The van der Waals surface area contributed by atoms with Crippen LogP contribution in [0.15, 0.2) is 11.3 Å². The van der Waals surface area contributed by atoms with Crippen molar-refractivity contribution in [1.29, 1.82) is 0 Å². The third kappa shape index (κ3) is 7.44. The Morgan fingerprint density at radius 1 is 1.09 bits per heavy atom. The Labute approximate surface area is 134 Å². The van der Waals surface area contributed by atoms with E-state index in [9.17, 15) is 24.3 Å². The Balaban J connectivity index is 5.59. The van der Waals surface area contributed by atoms with Crippen LogP contribution >= 0.6 is 0 Å². The molecule has 2 N–H and O–H groups in total. The minimum Gasteiger partial charge on any atom is -0.507 e. The normalized spacial score (nSPS) is 12.8. The van der Waals surface area contributed by atoms with Gasteiger partial charge in [-0.15, -0.1) is 0 Å². The molecule has 0 saturated carbocycles. The Morgan fingerprint density at radius 2 is 1.70 bits per heavy atom. The quantitative estimate of drug-likeness (QED) is 0.154. The van der Waals surface area contributed by atoms with Gasteiger partial charge in [-0.05, 0) is 6.42 Å². The zero-order chi connectivity index (χ0) is 18.0. The summed E-state index contributed by atoms with van der Waals surface area (Å²) in [6.07, 6.45) is -0.319. The van der Waals surface area contributed by atoms with Crippen molar-refractivity contribution in [3.05, 3.63) is 11.3 Å². The fourth-order valence-corrected chi connectivity index (χ4v) is 1.84. The predicted molar refractivity (Wildman–Crippen MR) is 78.6 cm³/mol. The molecule has 8 nitrogen and oxygen atoms in total. The number of ketones is 1. The molecule has 0 aliphatic carbocycles.